The number of carbonyl (C=O) groups is 1. The van der Waals surface area contributed by atoms with Gasteiger partial charge in [0.25, 0.3) is 5.91 Å². The van der Waals surface area contributed by atoms with Crippen molar-refractivity contribution in [2.75, 3.05) is 26.3 Å². The predicted octanol–water partition coefficient (Wildman–Crippen LogP) is 1.99. The fourth-order valence-corrected chi connectivity index (χ4v) is 3.96. The zero-order chi connectivity index (χ0) is 18.1. The van der Waals surface area contributed by atoms with Gasteiger partial charge in [-0.1, -0.05) is 0 Å². The van der Waals surface area contributed by atoms with Gasteiger partial charge in [-0.25, -0.2) is 9.67 Å². The molecule has 1 unspecified atom stereocenters. The minimum Gasteiger partial charge on any atom is -0.381 e. The number of rotatable bonds is 2. The summed E-state index contributed by atoms with van der Waals surface area (Å²) < 4.78 is 13.4. The van der Waals surface area contributed by atoms with Crippen LogP contribution in [0.4, 0.5) is 0 Å². The number of aryl methyl sites for hydroxylation is 1. The summed E-state index contributed by atoms with van der Waals surface area (Å²) in [4.78, 5) is 19.0. The number of morpholine rings is 1. The van der Waals surface area contributed by atoms with Crippen LogP contribution in [-0.2, 0) is 9.47 Å². The number of hydrogen-bond donors (Lipinski definition) is 0. The SMILES string of the molecule is Cc1cc(C(=O)N2CC(C)OC3(CCOCC3)C2)ccc1-n1cncn1. The minimum atomic E-state index is -0.263. The Bertz CT molecular complexity index is 784. The van der Waals surface area contributed by atoms with E-state index in [0.717, 1.165) is 24.1 Å². The van der Waals surface area contributed by atoms with Gasteiger partial charge in [0.2, 0.25) is 0 Å². The summed E-state index contributed by atoms with van der Waals surface area (Å²) in [6, 6.07) is 5.71. The Labute approximate surface area is 152 Å². The molecular weight excluding hydrogens is 332 g/mol. The van der Waals surface area contributed by atoms with Crippen LogP contribution in [-0.4, -0.2) is 63.6 Å². The molecule has 3 heterocycles. The normalized spacial score (nSPS) is 22.5. The van der Waals surface area contributed by atoms with Crippen molar-refractivity contribution < 1.29 is 14.3 Å². The highest BCUT2D eigenvalue weighted by atomic mass is 16.5. The lowest BCUT2D eigenvalue weighted by molar-refractivity contribution is -0.176. The van der Waals surface area contributed by atoms with Crippen molar-refractivity contribution in [2.45, 2.75) is 38.4 Å². The van der Waals surface area contributed by atoms with Crippen LogP contribution in [0.2, 0.25) is 0 Å². The van der Waals surface area contributed by atoms with Crippen molar-refractivity contribution >= 4 is 5.91 Å². The minimum absolute atomic E-state index is 0.0290. The van der Waals surface area contributed by atoms with E-state index in [4.69, 9.17) is 9.47 Å². The molecule has 0 saturated carbocycles. The molecule has 0 aliphatic carbocycles. The maximum atomic E-state index is 13.1. The van der Waals surface area contributed by atoms with Gasteiger partial charge in [-0.2, -0.15) is 5.10 Å². The van der Waals surface area contributed by atoms with E-state index in [1.165, 1.54) is 6.33 Å². The molecule has 26 heavy (non-hydrogen) atoms. The molecule has 1 aromatic carbocycles. The van der Waals surface area contributed by atoms with Crippen molar-refractivity contribution in [1.29, 1.82) is 0 Å². The van der Waals surface area contributed by atoms with Crippen LogP contribution in [0, 0.1) is 6.92 Å². The second-order valence-electron chi connectivity index (χ2n) is 7.25. The number of carbonyl (C=O) groups excluding carboxylic acids is 1. The van der Waals surface area contributed by atoms with Gasteiger partial charge in [0.1, 0.15) is 12.7 Å². The molecule has 7 nitrogen and oxygen atoms in total. The number of nitrogens with zero attached hydrogens (tertiary/aromatic N) is 4. The molecule has 2 fully saturated rings. The molecule has 138 valence electrons. The first-order valence-electron chi connectivity index (χ1n) is 9.07. The summed E-state index contributed by atoms with van der Waals surface area (Å²) in [7, 11) is 0. The van der Waals surface area contributed by atoms with Gasteiger partial charge in [0, 0.05) is 38.2 Å². The third kappa shape index (κ3) is 3.24. The van der Waals surface area contributed by atoms with Crippen LogP contribution in [0.15, 0.2) is 30.9 Å². The molecule has 0 radical (unpaired) electrons. The summed E-state index contributed by atoms with van der Waals surface area (Å²) >= 11 is 0. The van der Waals surface area contributed by atoms with Crippen LogP contribution in [0.5, 0.6) is 0 Å². The Hall–Kier alpha value is -2.25. The lowest BCUT2D eigenvalue weighted by atomic mass is 9.91. The Kier molecular flexibility index (Phi) is 4.50. The van der Waals surface area contributed by atoms with E-state index in [9.17, 15) is 4.79 Å². The summed E-state index contributed by atoms with van der Waals surface area (Å²) in [5, 5.41) is 4.16. The highest BCUT2D eigenvalue weighted by molar-refractivity contribution is 5.94. The third-order valence-electron chi connectivity index (χ3n) is 5.21. The molecule has 2 saturated heterocycles. The molecule has 2 aromatic rings. The fourth-order valence-electron chi connectivity index (χ4n) is 3.96. The van der Waals surface area contributed by atoms with E-state index in [1.54, 1.807) is 11.0 Å². The summed E-state index contributed by atoms with van der Waals surface area (Å²) in [6.07, 6.45) is 4.86. The van der Waals surface area contributed by atoms with Crippen molar-refractivity contribution in [3.8, 4) is 5.69 Å². The number of amides is 1. The quantitative estimate of drug-likeness (QED) is 0.823. The van der Waals surface area contributed by atoms with Crippen molar-refractivity contribution in [3.63, 3.8) is 0 Å². The maximum Gasteiger partial charge on any atom is 0.254 e. The topological polar surface area (TPSA) is 69.5 Å². The van der Waals surface area contributed by atoms with Crippen LogP contribution in [0.25, 0.3) is 5.69 Å². The van der Waals surface area contributed by atoms with Gasteiger partial charge in [0.15, 0.2) is 0 Å². The Morgan fingerprint density at radius 2 is 2.12 bits per heavy atom. The van der Waals surface area contributed by atoms with E-state index >= 15 is 0 Å². The van der Waals surface area contributed by atoms with Crippen LogP contribution < -0.4 is 0 Å². The summed E-state index contributed by atoms with van der Waals surface area (Å²) in [5.41, 5.74) is 2.35. The van der Waals surface area contributed by atoms with E-state index in [2.05, 4.69) is 10.1 Å². The van der Waals surface area contributed by atoms with Gasteiger partial charge in [-0.15, -0.1) is 0 Å². The van der Waals surface area contributed by atoms with Crippen molar-refractivity contribution in [2.24, 2.45) is 0 Å². The van der Waals surface area contributed by atoms with E-state index in [1.807, 2.05) is 36.9 Å². The number of benzene rings is 1. The molecule has 4 rings (SSSR count). The molecular formula is C19H24N4O3. The molecule has 2 aliphatic heterocycles. The van der Waals surface area contributed by atoms with Crippen molar-refractivity contribution in [3.05, 3.63) is 42.0 Å². The summed E-state index contributed by atoms with van der Waals surface area (Å²) in [6.45, 7) is 6.65. The van der Waals surface area contributed by atoms with Gasteiger partial charge in [0.05, 0.1) is 23.9 Å². The van der Waals surface area contributed by atoms with E-state index in [0.29, 0.717) is 31.9 Å². The second-order valence-corrected chi connectivity index (χ2v) is 7.25. The van der Waals surface area contributed by atoms with Crippen LogP contribution in [0.3, 0.4) is 0 Å². The average molecular weight is 356 g/mol. The molecule has 0 bridgehead atoms. The van der Waals surface area contributed by atoms with Crippen molar-refractivity contribution in [1.82, 2.24) is 19.7 Å². The molecule has 1 atom stereocenters. The Morgan fingerprint density at radius 3 is 2.81 bits per heavy atom. The van der Waals surface area contributed by atoms with Gasteiger partial charge in [-0.05, 0) is 37.6 Å². The lowest BCUT2D eigenvalue weighted by Gasteiger charge is -2.47. The number of ether oxygens (including phenoxy) is 2. The van der Waals surface area contributed by atoms with Crippen LogP contribution in [0.1, 0.15) is 35.7 Å². The first-order valence-corrected chi connectivity index (χ1v) is 9.07. The Balaban J connectivity index is 1.56. The third-order valence-corrected chi connectivity index (χ3v) is 5.21. The predicted molar refractivity (Wildman–Crippen MR) is 95.3 cm³/mol. The molecule has 1 aromatic heterocycles. The smallest absolute Gasteiger partial charge is 0.254 e. The highest BCUT2D eigenvalue weighted by Gasteiger charge is 2.42. The molecule has 2 aliphatic rings. The molecule has 1 spiro atoms. The molecule has 0 N–H and O–H groups in total. The molecule has 1 amide bonds. The van der Waals surface area contributed by atoms with Gasteiger partial charge < -0.3 is 14.4 Å². The standard InChI is InChI=1S/C19H24N4O3/c1-14-9-16(3-4-17(14)23-13-20-12-21-23)18(24)22-10-15(2)26-19(11-22)5-7-25-8-6-19/h3-4,9,12-13,15H,5-8,10-11H2,1-2H3. The monoisotopic (exact) mass is 356 g/mol. The first kappa shape index (κ1) is 17.2. The Morgan fingerprint density at radius 1 is 1.31 bits per heavy atom. The lowest BCUT2D eigenvalue weighted by Crippen LogP contribution is -2.58. The van der Waals surface area contributed by atoms with Gasteiger partial charge in [-0.3, -0.25) is 4.79 Å². The average Bonchev–Trinajstić information content (AvgIpc) is 3.15. The maximum absolute atomic E-state index is 13.1. The highest BCUT2D eigenvalue weighted by Crippen LogP contribution is 2.32. The second kappa shape index (κ2) is 6.81. The zero-order valence-corrected chi connectivity index (χ0v) is 15.2. The fraction of sp³-hybridized carbons (Fsp3) is 0.526. The molecule has 7 heteroatoms. The zero-order valence-electron chi connectivity index (χ0n) is 15.2. The van der Waals surface area contributed by atoms with Gasteiger partial charge >= 0.3 is 0 Å². The number of aromatic nitrogens is 3. The summed E-state index contributed by atoms with van der Waals surface area (Å²) in [5.74, 6) is 0.0549. The largest absolute Gasteiger partial charge is 0.381 e. The van der Waals surface area contributed by atoms with E-state index in [-0.39, 0.29) is 17.6 Å². The number of hydrogen-bond acceptors (Lipinski definition) is 5. The first-order chi connectivity index (χ1) is 12.6. The van der Waals surface area contributed by atoms with Crippen LogP contribution >= 0.6 is 0 Å². The van der Waals surface area contributed by atoms with E-state index < -0.39 is 0 Å².